The van der Waals surface area contributed by atoms with Crippen molar-refractivity contribution in [1.82, 2.24) is 19.8 Å². The molecule has 4 heteroatoms. The van der Waals surface area contributed by atoms with E-state index in [1.54, 1.807) is 0 Å². The molecule has 0 amide bonds. The van der Waals surface area contributed by atoms with Crippen LogP contribution >= 0.6 is 0 Å². The highest BCUT2D eigenvalue weighted by Crippen LogP contribution is 2.39. The van der Waals surface area contributed by atoms with Gasteiger partial charge in [0.15, 0.2) is 0 Å². The molecule has 1 unspecified atom stereocenters. The third kappa shape index (κ3) is 2.88. The van der Waals surface area contributed by atoms with Gasteiger partial charge in [-0.3, -0.25) is 4.90 Å². The number of aromatic nitrogens is 2. The number of hydrogen-bond acceptors (Lipinski definition) is 3. The van der Waals surface area contributed by atoms with Crippen molar-refractivity contribution >= 4 is 0 Å². The van der Waals surface area contributed by atoms with Crippen LogP contribution in [0.1, 0.15) is 51.8 Å². The lowest BCUT2D eigenvalue weighted by molar-refractivity contribution is 0.0124. The third-order valence-electron chi connectivity index (χ3n) is 5.90. The topological polar surface area (TPSA) is 33.1 Å². The summed E-state index contributed by atoms with van der Waals surface area (Å²) in [6.45, 7) is 8.16. The zero-order valence-electron chi connectivity index (χ0n) is 13.9. The van der Waals surface area contributed by atoms with Crippen molar-refractivity contribution in [3.8, 4) is 0 Å². The first-order valence-electron chi connectivity index (χ1n) is 8.53. The maximum Gasteiger partial charge on any atom is 0.109 e. The van der Waals surface area contributed by atoms with Crippen molar-refractivity contribution in [2.24, 2.45) is 7.05 Å². The summed E-state index contributed by atoms with van der Waals surface area (Å²) in [5.74, 6) is 1.21. The van der Waals surface area contributed by atoms with E-state index < -0.39 is 0 Å². The molecule has 1 aromatic heterocycles. The summed E-state index contributed by atoms with van der Waals surface area (Å²) in [5.41, 5.74) is 0.690. The van der Waals surface area contributed by atoms with Crippen LogP contribution in [0.5, 0.6) is 0 Å². The Kier molecular flexibility index (Phi) is 4.10. The molecule has 2 heterocycles. The summed E-state index contributed by atoms with van der Waals surface area (Å²) in [5, 5.41) is 3.85. The van der Waals surface area contributed by atoms with Crippen LogP contribution in [0.25, 0.3) is 0 Å². The first kappa shape index (κ1) is 15.0. The van der Waals surface area contributed by atoms with Crippen LogP contribution in [0.4, 0.5) is 0 Å². The molecule has 3 rings (SSSR count). The molecule has 0 radical (unpaired) electrons. The SMILES string of the molecule is CCC1(C)CN(CCc2nccn2C)C2(CCCC2)CN1. The zero-order valence-corrected chi connectivity index (χ0v) is 13.9. The summed E-state index contributed by atoms with van der Waals surface area (Å²) >= 11 is 0. The molecule has 1 aromatic rings. The monoisotopic (exact) mass is 290 g/mol. The predicted molar refractivity (Wildman–Crippen MR) is 86.4 cm³/mol. The van der Waals surface area contributed by atoms with E-state index in [4.69, 9.17) is 0 Å². The average Bonchev–Trinajstić information content (AvgIpc) is 3.11. The van der Waals surface area contributed by atoms with Crippen molar-refractivity contribution in [1.29, 1.82) is 0 Å². The fourth-order valence-electron chi connectivity index (χ4n) is 4.09. The number of hydrogen-bond donors (Lipinski definition) is 1. The summed E-state index contributed by atoms with van der Waals surface area (Å²) < 4.78 is 2.16. The summed E-state index contributed by atoms with van der Waals surface area (Å²) in [6, 6.07) is 0. The minimum Gasteiger partial charge on any atom is -0.338 e. The van der Waals surface area contributed by atoms with E-state index in [1.165, 1.54) is 44.5 Å². The van der Waals surface area contributed by atoms with Gasteiger partial charge in [0.25, 0.3) is 0 Å². The Morgan fingerprint density at radius 2 is 2.10 bits per heavy atom. The molecule has 1 atom stereocenters. The van der Waals surface area contributed by atoms with Crippen LogP contribution in [0.15, 0.2) is 12.4 Å². The molecular formula is C17H30N4. The van der Waals surface area contributed by atoms with E-state index >= 15 is 0 Å². The first-order chi connectivity index (χ1) is 10.1. The molecule has 2 aliphatic rings. The Bertz CT molecular complexity index is 475. The molecule has 118 valence electrons. The highest BCUT2D eigenvalue weighted by Gasteiger charge is 2.46. The fourth-order valence-corrected chi connectivity index (χ4v) is 4.09. The van der Waals surface area contributed by atoms with Crippen molar-refractivity contribution in [3.63, 3.8) is 0 Å². The van der Waals surface area contributed by atoms with Crippen LogP contribution in [0, 0.1) is 0 Å². The number of rotatable bonds is 4. The van der Waals surface area contributed by atoms with Gasteiger partial charge >= 0.3 is 0 Å². The minimum absolute atomic E-state index is 0.273. The molecule has 1 aliphatic heterocycles. The summed E-state index contributed by atoms with van der Waals surface area (Å²) in [6.07, 6.45) is 11.7. The average molecular weight is 290 g/mol. The van der Waals surface area contributed by atoms with E-state index in [0.717, 1.165) is 19.5 Å². The Labute approximate surface area is 128 Å². The first-order valence-corrected chi connectivity index (χ1v) is 8.53. The second kappa shape index (κ2) is 5.73. The Morgan fingerprint density at radius 1 is 1.33 bits per heavy atom. The second-order valence-electron chi connectivity index (χ2n) is 7.33. The maximum atomic E-state index is 4.49. The fraction of sp³-hybridized carbons (Fsp3) is 0.824. The lowest BCUT2D eigenvalue weighted by Gasteiger charge is -2.52. The number of piperazine rings is 1. The van der Waals surface area contributed by atoms with Gasteiger partial charge in [0, 0.05) is 56.6 Å². The van der Waals surface area contributed by atoms with E-state index in [-0.39, 0.29) is 5.54 Å². The van der Waals surface area contributed by atoms with Gasteiger partial charge in [0.05, 0.1) is 0 Å². The quantitative estimate of drug-likeness (QED) is 0.924. The van der Waals surface area contributed by atoms with Gasteiger partial charge in [-0.2, -0.15) is 0 Å². The van der Waals surface area contributed by atoms with E-state index in [2.05, 4.69) is 46.9 Å². The molecule has 1 N–H and O–H groups in total. The number of nitrogens with zero attached hydrogens (tertiary/aromatic N) is 3. The number of aryl methyl sites for hydroxylation is 1. The van der Waals surface area contributed by atoms with Crippen molar-refractivity contribution in [3.05, 3.63) is 18.2 Å². The molecule has 1 saturated heterocycles. The molecule has 0 bridgehead atoms. The van der Waals surface area contributed by atoms with Crippen molar-refractivity contribution in [2.75, 3.05) is 19.6 Å². The normalized spacial score (nSPS) is 29.3. The van der Waals surface area contributed by atoms with Crippen LogP contribution < -0.4 is 5.32 Å². The lowest BCUT2D eigenvalue weighted by atomic mass is 9.85. The minimum atomic E-state index is 0.273. The molecule has 21 heavy (non-hydrogen) atoms. The Morgan fingerprint density at radius 3 is 2.71 bits per heavy atom. The van der Waals surface area contributed by atoms with Crippen LogP contribution in [0.3, 0.4) is 0 Å². The molecule has 4 nitrogen and oxygen atoms in total. The number of nitrogens with one attached hydrogen (secondary N) is 1. The highest BCUT2D eigenvalue weighted by molar-refractivity contribution is 5.06. The van der Waals surface area contributed by atoms with E-state index in [9.17, 15) is 0 Å². The van der Waals surface area contributed by atoms with Crippen LogP contribution in [-0.4, -0.2) is 45.2 Å². The molecule has 2 fully saturated rings. The van der Waals surface area contributed by atoms with Crippen LogP contribution in [-0.2, 0) is 13.5 Å². The lowest BCUT2D eigenvalue weighted by Crippen LogP contribution is -2.68. The smallest absolute Gasteiger partial charge is 0.109 e. The standard InChI is InChI=1S/C17H30N4/c1-4-16(2)14-21(11-7-15-18-10-12-20(15)3)17(13-19-16)8-5-6-9-17/h10,12,19H,4-9,11,13-14H2,1-3H3. The number of imidazole rings is 1. The molecule has 1 aliphatic carbocycles. The molecule has 0 aromatic carbocycles. The van der Waals surface area contributed by atoms with Gasteiger partial charge in [0.1, 0.15) is 5.82 Å². The molecular weight excluding hydrogens is 260 g/mol. The van der Waals surface area contributed by atoms with Crippen molar-refractivity contribution < 1.29 is 0 Å². The van der Waals surface area contributed by atoms with Gasteiger partial charge in [-0.05, 0) is 26.2 Å². The Balaban J connectivity index is 1.72. The summed E-state index contributed by atoms with van der Waals surface area (Å²) in [7, 11) is 2.10. The van der Waals surface area contributed by atoms with Gasteiger partial charge in [-0.25, -0.2) is 4.98 Å². The predicted octanol–water partition coefficient (Wildman–Crippen LogP) is 2.35. The highest BCUT2D eigenvalue weighted by atomic mass is 15.3. The summed E-state index contributed by atoms with van der Waals surface area (Å²) in [4.78, 5) is 7.28. The van der Waals surface area contributed by atoms with Crippen molar-refractivity contribution in [2.45, 2.75) is 63.5 Å². The van der Waals surface area contributed by atoms with E-state index in [0.29, 0.717) is 5.54 Å². The third-order valence-corrected chi connectivity index (χ3v) is 5.90. The van der Waals surface area contributed by atoms with Gasteiger partial charge in [-0.15, -0.1) is 0 Å². The molecule has 1 spiro atoms. The van der Waals surface area contributed by atoms with Gasteiger partial charge in [0.2, 0.25) is 0 Å². The van der Waals surface area contributed by atoms with Gasteiger partial charge in [-0.1, -0.05) is 19.8 Å². The maximum absolute atomic E-state index is 4.49. The zero-order chi connectivity index (χ0) is 14.9. The second-order valence-corrected chi connectivity index (χ2v) is 7.33. The van der Waals surface area contributed by atoms with Gasteiger partial charge < -0.3 is 9.88 Å². The Hall–Kier alpha value is -0.870. The molecule has 1 saturated carbocycles. The van der Waals surface area contributed by atoms with Crippen LogP contribution in [0.2, 0.25) is 0 Å². The largest absolute Gasteiger partial charge is 0.338 e. The van der Waals surface area contributed by atoms with E-state index in [1.807, 2.05) is 6.20 Å².